The molecular formula is C13H18O2. The number of rotatable bonds is 8. The number of aldehydes is 1. The average molecular weight is 206 g/mol. The average Bonchev–Trinajstić information content (AvgIpc) is 2.29. The van der Waals surface area contributed by atoms with Crippen LogP contribution in [0, 0.1) is 0 Å². The number of unbranched alkanes of at least 4 members (excludes halogenated alkanes) is 2. The zero-order chi connectivity index (χ0) is 10.8. The van der Waals surface area contributed by atoms with E-state index in [1.54, 1.807) is 0 Å². The lowest BCUT2D eigenvalue weighted by Gasteiger charge is -2.01. The van der Waals surface area contributed by atoms with Crippen LogP contribution in [-0.2, 0) is 16.0 Å². The van der Waals surface area contributed by atoms with Crippen LogP contribution in [0.4, 0.5) is 0 Å². The molecule has 0 unspecified atom stereocenters. The number of hydrogen-bond acceptors (Lipinski definition) is 2. The molecule has 0 aliphatic carbocycles. The lowest BCUT2D eigenvalue weighted by Crippen LogP contribution is -1.97. The predicted molar refractivity (Wildman–Crippen MR) is 60.9 cm³/mol. The minimum atomic E-state index is 0.235. The third-order valence-corrected chi connectivity index (χ3v) is 2.28. The fourth-order valence-electron chi connectivity index (χ4n) is 1.49. The Hall–Kier alpha value is -1.15. The Morgan fingerprint density at radius 3 is 2.60 bits per heavy atom. The van der Waals surface area contributed by atoms with Gasteiger partial charge in [0.25, 0.3) is 0 Å². The third kappa shape index (κ3) is 6.02. The Bertz CT molecular complexity index is 256. The molecule has 0 saturated carbocycles. The Kier molecular flexibility index (Phi) is 6.50. The number of hydrogen-bond donors (Lipinski definition) is 0. The highest BCUT2D eigenvalue weighted by Crippen LogP contribution is 2.05. The molecule has 15 heavy (non-hydrogen) atoms. The Morgan fingerprint density at radius 2 is 1.87 bits per heavy atom. The second kappa shape index (κ2) is 8.18. The van der Waals surface area contributed by atoms with Crippen molar-refractivity contribution in [3.8, 4) is 0 Å². The van der Waals surface area contributed by atoms with Crippen LogP contribution in [0.25, 0.3) is 0 Å². The Morgan fingerprint density at radius 1 is 1.07 bits per heavy atom. The van der Waals surface area contributed by atoms with E-state index in [2.05, 4.69) is 24.3 Å². The van der Waals surface area contributed by atoms with Crippen LogP contribution < -0.4 is 0 Å². The molecule has 0 radical (unpaired) electrons. The number of aryl methyl sites for hydroxylation is 1. The monoisotopic (exact) mass is 206 g/mol. The molecule has 0 heterocycles. The van der Waals surface area contributed by atoms with Crippen molar-refractivity contribution in [2.24, 2.45) is 0 Å². The van der Waals surface area contributed by atoms with Crippen LogP contribution in [0.5, 0.6) is 0 Å². The molecule has 0 atom stereocenters. The van der Waals surface area contributed by atoms with Crippen LogP contribution >= 0.6 is 0 Å². The van der Waals surface area contributed by atoms with Crippen molar-refractivity contribution in [2.45, 2.75) is 25.7 Å². The van der Waals surface area contributed by atoms with Crippen molar-refractivity contribution in [3.63, 3.8) is 0 Å². The maximum Gasteiger partial charge on any atom is 0.145 e. The van der Waals surface area contributed by atoms with Gasteiger partial charge in [-0.15, -0.1) is 0 Å². The van der Waals surface area contributed by atoms with Crippen LogP contribution in [-0.4, -0.2) is 19.5 Å². The summed E-state index contributed by atoms with van der Waals surface area (Å²) in [5.41, 5.74) is 1.39. The number of carbonyl (C=O) groups excluding carboxylic acids is 1. The SMILES string of the molecule is O=CCOCCCCCc1ccccc1. The smallest absolute Gasteiger partial charge is 0.145 e. The quantitative estimate of drug-likeness (QED) is 0.483. The summed E-state index contributed by atoms with van der Waals surface area (Å²) < 4.78 is 5.07. The van der Waals surface area contributed by atoms with E-state index in [0.29, 0.717) is 6.61 Å². The molecule has 0 N–H and O–H groups in total. The molecular weight excluding hydrogens is 188 g/mol. The molecule has 0 aliphatic heterocycles. The van der Waals surface area contributed by atoms with E-state index in [4.69, 9.17) is 4.74 Å². The van der Waals surface area contributed by atoms with Crippen molar-refractivity contribution in [2.75, 3.05) is 13.2 Å². The molecule has 0 spiro atoms. The normalized spacial score (nSPS) is 10.1. The molecule has 1 aromatic carbocycles. The molecule has 0 aromatic heterocycles. The first-order valence-electron chi connectivity index (χ1n) is 5.49. The van der Waals surface area contributed by atoms with Crippen molar-refractivity contribution in [1.29, 1.82) is 0 Å². The van der Waals surface area contributed by atoms with Gasteiger partial charge in [0.15, 0.2) is 0 Å². The predicted octanol–water partition coefficient (Wildman–Crippen LogP) is 2.61. The Labute approximate surface area is 91.3 Å². The second-order valence-electron chi connectivity index (χ2n) is 3.54. The summed E-state index contributed by atoms with van der Waals surface area (Å²) in [7, 11) is 0. The van der Waals surface area contributed by atoms with Gasteiger partial charge in [-0.2, -0.15) is 0 Å². The fourth-order valence-corrected chi connectivity index (χ4v) is 1.49. The van der Waals surface area contributed by atoms with Crippen LogP contribution in [0.15, 0.2) is 30.3 Å². The standard InChI is InChI=1S/C13H18O2/c14-10-12-15-11-6-2-5-9-13-7-3-1-4-8-13/h1,3-4,7-8,10H,2,5-6,9,11-12H2. The molecule has 0 bridgehead atoms. The molecule has 0 aliphatic rings. The summed E-state index contributed by atoms with van der Waals surface area (Å²) in [4.78, 5) is 9.95. The van der Waals surface area contributed by atoms with Gasteiger partial charge in [0.2, 0.25) is 0 Å². The van der Waals surface area contributed by atoms with Gasteiger partial charge >= 0.3 is 0 Å². The van der Waals surface area contributed by atoms with E-state index in [0.717, 1.165) is 25.5 Å². The lowest BCUT2D eigenvalue weighted by atomic mass is 10.1. The molecule has 1 rings (SSSR count). The van der Waals surface area contributed by atoms with E-state index in [-0.39, 0.29) is 6.61 Å². The first-order chi connectivity index (χ1) is 7.43. The van der Waals surface area contributed by atoms with Crippen molar-refractivity contribution in [3.05, 3.63) is 35.9 Å². The molecule has 82 valence electrons. The van der Waals surface area contributed by atoms with Gasteiger partial charge in [-0.05, 0) is 24.8 Å². The summed E-state index contributed by atoms with van der Waals surface area (Å²) in [5, 5.41) is 0. The Balaban J connectivity index is 1.95. The highest BCUT2D eigenvalue weighted by Gasteiger charge is 1.92. The minimum Gasteiger partial charge on any atom is -0.374 e. The summed E-state index contributed by atoms with van der Waals surface area (Å²) in [6.07, 6.45) is 5.32. The number of benzene rings is 1. The van der Waals surface area contributed by atoms with Gasteiger partial charge in [0, 0.05) is 6.61 Å². The first-order valence-corrected chi connectivity index (χ1v) is 5.49. The third-order valence-electron chi connectivity index (χ3n) is 2.28. The molecule has 1 aromatic rings. The van der Waals surface area contributed by atoms with Crippen molar-refractivity contribution < 1.29 is 9.53 Å². The van der Waals surface area contributed by atoms with E-state index in [1.807, 2.05) is 6.07 Å². The second-order valence-corrected chi connectivity index (χ2v) is 3.54. The summed E-state index contributed by atoms with van der Waals surface area (Å²) in [5.74, 6) is 0. The lowest BCUT2D eigenvalue weighted by molar-refractivity contribution is -0.111. The summed E-state index contributed by atoms with van der Waals surface area (Å²) in [6, 6.07) is 10.5. The van der Waals surface area contributed by atoms with Gasteiger partial charge in [0.05, 0.1) is 0 Å². The zero-order valence-corrected chi connectivity index (χ0v) is 9.02. The maximum atomic E-state index is 9.95. The van der Waals surface area contributed by atoms with Gasteiger partial charge in [-0.25, -0.2) is 0 Å². The van der Waals surface area contributed by atoms with E-state index >= 15 is 0 Å². The largest absolute Gasteiger partial charge is 0.374 e. The maximum absolute atomic E-state index is 9.95. The number of carbonyl (C=O) groups is 1. The van der Waals surface area contributed by atoms with Gasteiger partial charge < -0.3 is 9.53 Å². The highest BCUT2D eigenvalue weighted by atomic mass is 16.5. The molecule has 0 fully saturated rings. The van der Waals surface area contributed by atoms with Crippen LogP contribution in [0.3, 0.4) is 0 Å². The summed E-state index contributed by atoms with van der Waals surface area (Å²) >= 11 is 0. The van der Waals surface area contributed by atoms with Crippen LogP contribution in [0.1, 0.15) is 24.8 Å². The molecule has 0 saturated heterocycles. The van der Waals surface area contributed by atoms with E-state index < -0.39 is 0 Å². The van der Waals surface area contributed by atoms with Crippen LogP contribution in [0.2, 0.25) is 0 Å². The van der Waals surface area contributed by atoms with E-state index in [1.165, 1.54) is 12.0 Å². The van der Waals surface area contributed by atoms with Gasteiger partial charge in [-0.1, -0.05) is 36.8 Å². The van der Waals surface area contributed by atoms with Crippen molar-refractivity contribution >= 4 is 6.29 Å². The first kappa shape index (κ1) is 11.9. The highest BCUT2D eigenvalue weighted by molar-refractivity contribution is 5.50. The van der Waals surface area contributed by atoms with Gasteiger partial charge in [-0.3, -0.25) is 0 Å². The van der Waals surface area contributed by atoms with Crippen molar-refractivity contribution in [1.82, 2.24) is 0 Å². The molecule has 2 nitrogen and oxygen atoms in total. The molecule has 2 heteroatoms. The van der Waals surface area contributed by atoms with Gasteiger partial charge in [0.1, 0.15) is 12.9 Å². The minimum absolute atomic E-state index is 0.235. The summed E-state index contributed by atoms with van der Waals surface area (Å²) in [6.45, 7) is 0.937. The van der Waals surface area contributed by atoms with E-state index in [9.17, 15) is 4.79 Å². The fraction of sp³-hybridized carbons (Fsp3) is 0.462. The zero-order valence-electron chi connectivity index (χ0n) is 9.02. The number of ether oxygens (including phenoxy) is 1. The molecule has 0 amide bonds. The topological polar surface area (TPSA) is 26.3 Å².